The monoisotopic (exact) mass is 291 g/mol. The van der Waals surface area contributed by atoms with Crippen molar-refractivity contribution in [1.82, 2.24) is 15.3 Å². The number of amides is 1. The number of aliphatic carboxylic acids is 1. The number of carbonyl (C=O) groups is 2. The van der Waals surface area contributed by atoms with Crippen LogP contribution in [0.2, 0.25) is 0 Å². The minimum atomic E-state index is -0.843. The fraction of sp³-hybridized carbons (Fsp3) is 0.357. The second-order valence-electron chi connectivity index (χ2n) is 4.84. The summed E-state index contributed by atoms with van der Waals surface area (Å²) >= 11 is 0. The Morgan fingerprint density at radius 3 is 2.57 bits per heavy atom. The summed E-state index contributed by atoms with van der Waals surface area (Å²) in [5.74, 6) is -0.952. The maximum Gasteiger partial charge on any atom is 0.323 e. The lowest BCUT2D eigenvalue weighted by atomic mass is 10.1. The molecule has 0 saturated carbocycles. The molecule has 1 amide bonds. The fourth-order valence-corrected chi connectivity index (χ4v) is 2.04. The lowest BCUT2D eigenvalue weighted by Crippen LogP contribution is -2.22. The number of rotatable bonds is 7. The fourth-order valence-electron chi connectivity index (χ4n) is 2.04. The van der Waals surface area contributed by atoms with Crippen LogP contribution < -0.4 is 11.0 Å². The molecule has 2 aromatic rings. The van der Waals surface area contributed by atoms with E-state index in [1.54, 1.807) is 12.1 Å². The summed E-state index contributed by atoms with van der Waals surface area (Å²) < 4.78 is 0. The zero-order valence-corrected chi connectivity index (χ0v) is 11.4. The number of carbonyl (C=O) groups excluding carboxylic acids is 1. The van der Waals surface area contributed by atoms with E-state index in [4.69, 9.17) is 5.11 Å². The topological polar surface area (TPSA) is 115 Å². The molecule has 1 aromatic carbocycles. The third-order valence-electron chi connectivity index (χ3n) is 3.11. The van der Waals surface area contributed by atoms with Crippen molar-refractivity contribution >= 4 is 22.9 Å². The largest absolute Gasteiger partial charge is 0.481 e. The molecule has 0 atom stereocenters. The zero-order chi connectivity index (χ0) is 15.2. The van der Waals surface area contributed by atoms with E-state index in [-0.39, 0.29) is 18.0 Å². The van der Waals surface area contributed by atoms with E-state index >= 15 is 0 Å². The van der Waals surface area contributed by atoms with Crippen LogP contribution in [-0.4, -0.2) is 27.0 Å². The van der Waals surface area contributed by atoms with Crippen LogP contribution in [0.5, 0.6) is 0 Å². The standard InChI is InChI=1S/C14H17N3O4/c18-12(3-1-2-4-13(19)20)15-8-9-5-6-10-11(7-9)17-14(21)16-10/h5-7H,1-4,8H2,(H,15,18)(H,19,20)(H2,16,17,21). The van der Waals surface area contributed by atoms with Crippen LogP contribution in [0.15, 0.2) is 23.0 Å². The van der Waals surface area contributed by atoms with Crippen LogP contribution in [0.3, 0.4) is 0 Å². The first kappa shape index (κ1) is 14.8. The first-order chi connectivity index (χ1) is 10.0. The van der Waals surface area contributed by atoms with Gasteiger partial charge in [0, 0.05) is 19.4 Å². The van der Waals surface area contributed by atoms with Gasteiger partial charge in [-0.2, -0.15) is 0 Å². The first-order valence-electron chi connectivity index (χ1n) is 6.74. The number of aromatic amines is 2. The molecule has 0 unspecified atom stereocenters. The Bertz CT molecular complexity index is 702. The summed E-state index contributed by atoms with van der Waals surface area (Å²) in [6, 6.07) is 5.41. The zero-order valence-electron chi connectivity index (χ0n) is 11.4. The van der Waals surface area contributed by atoms with Gasteiger partial charge in [-0.3, -0.25) is 9.59 Å². The van der Waals surface area contributed by atoms with E-state index in [1.807, 2.05) is 6.07 Å². The van der Waals surface area contributed by atoms with E-state index in [0.29, 0.717) is 31.3 Å². The third kappa shape index (κ3) is 4.48. The second-order valence-corrected chi connectivity index (χ2v) is 4.84. The van der Waals surface area contributed by atoms with Crippen molar-refractivity contribution in [2.45, 2.75) is 32.2 Å². The molecular formula is C14H17N3O4. The van der Waals surface area contributed by atoms with Crippen molar-refractivity contribution in [1.29, 1.82) is 0 Å². The highest BCUT2D eigenvalue weighted by molar-refractivity contribution is 5.77. The van der Waals surface area contributed by atoms with Crippen LogP contribution in [0.4, 0.5) is 0 Å². The van der Waals surface area contributed by atoms with Gasteiger partial charge >= 0.3 is 11.7 Å². The highest BCUT2D eigenvalue weighted by Gasteiger charge is 2.04. The van der Waals surface area contributed by atoms with E-state index in [9.17, 15) is 14.4 Å². The van der Waals surface area contributed by atoms with E-state index in [0.717, 1.165) is 11.1 Å². The average Bonchev–Trinajstić information content (AvgIpc) is 2.80. The van der Waals surface area contributed by atoms with Crippen LogP contribution in [0.25, 0.3) is 11.0 Å². The third-order valence-corrected chi connectivity index (χ3v) is 3.11. The maximum absolute atomic E-state index is 11.6. The number of hydrogen-bond acceptors (Lipinski definition) is 3. The summed E-state index contributed by atoms with van der Waals surface area (Å²) in [5.41, 5.74) is 2.05. The highest BCUT2D eigenvalue weighted by atomic mass is 16.4. The Labute approximate surface area is 120 Å². The summed E-state index contributed by atoms with van der Waals surface area (Å²) in [6.07, 6.45) is 1.46. The molecule has 0 bridgehead atoms. The summed E-state index contributed by atoms with van der Waals surface area (Å²) in [4.78, 5) is 38.4. The second kappa shape index (κ2) is 6.74. The van der Waals surface area contributed by atoms with E-state index in [2.05, 4.69) is 15.3 Å². The first-order valence-corrected chi connectivity index (χ1v) is 6.74. The lowest BCUT2D eigenvalue weighted by molar-refractivity contribution is -0.137. The van der Waals surface area contributed by atoms with Crippen molar-refractivity contribution in [2.24, 2.45) is 0 Å². The van der Waals surface area contributed by atoms with Gasteiger partial charge in [-0.1, -0.05) is 6.07 Å². The summed E-state index contributed by atoms with van der Waals surface area (Å²) in [6.45, 7) is 0.376. The molecule has 2 rings (SSSR count). The van der Waals surface area contributed by atoms with Gasteiger partial charge in [0.2, 0.25) is 5.91 Å². The van der Waals surface area contributed by atoms with Crippen LogP contribution in [-0.2, 0) is 16.1 Å². The van der Waals surface area contributed by atoms with Crippen LogP contribution in [0.1, 0.15) is 31.2 Å². The lowest BCUT2D eigenvalue weighted by Gasteiger charge is -2.05. The van der Waals surface area contributed by atoms with Gasteiger partial charge in [0.05, 0.1) is 11.0 Å². The quantitative estimate of drug-likeness (QED) is 0.572. The molecule has 0 radical (unpaired) electrons. The van der Waals surface area contributed by atoms with Gasteiger partial charge in [-0.25, -0.2) is 4.79 Å². The Hall–Kier alpha value is -2.57. The highest BCUT2D eigenvalue weighted by Crippen LogP contribution is 2.10. The molecule has 0 aliphatic carbocycles. The summed E-state index contributed by atoms with van der Waals surface area (Å²) in [7, 11) is 0. The van der Waals surface area contributed by atoms with Crippen molar-refractivity contribution in [3.63, 3.8) is 0 Å². The number of nitrogens with one attached hydrogen (secondary N) is 3. The number of unbranched alkanes of at least 4 members (excludes halogenated alkanes) is 1. The molecule has 1 aromatic heterocycles. The molecular weight excluding hydrogens is 274 g/mol. The smallest absolute Gasteiger partial charge is 0.323 e. The molecule has 1 heterocycles. The average molecular weight is 291 g/mol. The molecule has 0 fully saturated rings. The SMILES string of the molecule is O=C(O)CCCCC(=O)NCc1ccc2[nH]c(=O)[nH]c2c1. The molecule has 7 nitrogen and oxygen atoms in total. The van der Waals surface area contributed by atoms with E-state index < -0.39 is 5.97 Å². The van der Waals surface area contributed by atoms with Crippen molar-refractivity contribution in [2.75, 3.05) is 0 Å². The summed E-state index contributed by atoms with van der Waals surface area (Å²) in [5, 5.41) is 11.3. The number of hydrogen-bond donors (Lipinski definition) is 4. The van der Waals surface area contributed by atoms with Gasteiger partial charge in [0.15, 0.2) is 0 Å². The normalized spacial score (nSPS) is 10.7. The Kier molecular flexibility index (Phi) is 4.76. The molecule has 0 spiro atoms. The van der Waals surface area contributed by atoms with Gasteiger partial charge in [0.1, 0.15) is 0 Å². The molecule has 7 heteroatoms. The number of imidazole rings is 1. The Balaban J connectivity index is 1.79. The number of H-pyrrole nitrogens is 2. The van der Waals surface area contributed by atoms with Gasteiger partial charge in [-0.15, -0.1) is 0 Å². The van der Waals surface area contributed by atoms with Crippen molar-refractivity contribution in [3.05, 3.63) is 34.2 Å². The van der Waals surface area contributed by atoms with Gasteiger partial charge < -0.3 is 20.4 Å². The van der Waals surface area contributed by atoms with Crippen LogP contribution >= 0.6 is 0 Å². The number of carboxylic acid groups (broad SMARTS) is 1. The van der Waals surface area contributed by atoms with Gasteiger partial charge in [0.25, 0.3) is 0 Å². The Morgan fingerprint density at radius 2 is 1.81 bits per heavy atom. The molecule has 0 aliphatic heterocycles. The maximum atomic E-state index is 11.6. The van der Waals surface area contributed by atoms with Crippen molar-refractivity contribution < 1.29 is 14.7 Å². The molecule has 21 heavy (non-hydrogen) atoms. The molecule has 112 valence electrons. The minimum absolute atomic E-state index is 0.0881. The van der Waals surface area contributed by atoms with Crippen molar-refractivity contribution in [3.8, 4) is 0 Å². The van der Waals surface area contributed by atoms with E-state index in [1.165, 1.54) is 0 Å². The number of aromatic nitrogens is 2. The number of fused-ring (bicyclic) bond motifs is 1. The van der Waals surface area contributed by atoms with Crippen LogP contribution in [0, 0.1) is 0 Å². The molecule has 0 saturated heterocycles. The number of benzene rings is 1. The minimum Gasteiger partial charge on any atom is -0.481 e. The Morgan fingerprint density at radius 1 is 1.10 bits per heavy atom. The van der Waals surface area contributed by atoms with Gasteiger partial charge in [-0.05, 0) is 30.5 Å². The number of carboxylic acids is 1. The molecule has 4 N–H and O–H groups in total. The predicted octanol–water partition coefficient (Wildman–Crippen LogP) is 1.12. The molecule has 0 aliphatic rings. The predicted molar refractivity (Wildman–Crippen MR) is 76.9 cm³/mol.